The predicted octanol–water partition coefficient (Wildman–Crippen LogP) is 4.97. The van der Waals surface area contributed by atoms with E-state index in [1.807, 2.05) is 0 Å². The summed E-state index contributed by atoms with van der Waals surface area (Å²) in [4.78, 5) is 3.85. The van der Waals surface area contributed by atoms with E-state index in [-0.39, 0.29) is 26.8 Å². The highest BCUT2D eigenvalue weighted by Crippen LogP contribution is 2.33. The van der Waals surface area contributed by atoms with Crippen LogP contribution in [-0.4, -0.2) is 4.98 Å². The van der Waals surface area contributed by atoms with Gasteiger partial charge in [-0.1, -0.05) is 40.9 Å². The fraction of sp³-hybridized carbons (Fsp3) is 0. The molecule has 88 valence electrons. The Morgan fingerprint density at radius 1 is 1.06 bits per heavy atom. The van der Waals surface area contributed by atoms with E-state index in [1.165, 1.54) is 24.3 Å². The lowest BCUT2D eigenvalue weighted by Gasteiger charge is -2.07. The molecule has 0 unspecified atom stereocenters. The third kappa shape index (κ3) is 3.00. The molecule has 0 amide bonds. The van der Waals surface area contributed by atoms with Crippen molar-refractivity contribution in [3.8, 4) is 11.6 Å². The monoisotopic (exact) mass is 291 g/mol. The maximum absolute atomic E-state index is 12.9. The van der Waals surface area contributed by atoms with Gasteiger partial charge < -0.3 is 4.74 Å². The van der Waals surface area contributed by atoms with Crippen molar-refractivity contribution < 1.29 is 9.13 Å². The Morgan fingerprint density at radius 2 is 1.82 bits per heavy atom. The molecule has 0 aliphatic carbocycles. The van der Waals surface area contributed by atoms with Crippen molar-refractivity contribution in [1.82, 2.24) is 4.98 Å². The summed E-state index contributed by atoms with van der Waals surface area (Å²) in [6.07, 6.45) is 0. The second-order valence-corrected chi connectivity index (χ2v) is 4.28. The fourth-order valence-corrected chi connectivity index (χ4v) is 1.67. The molecule has 0 spiro atoms. The van der Waals surface area contributed by atoms with Crippen molar-refractivity contribution in [2.75, 3.05) is 0 Å². The van der Waals surface area contributed by atoms with Crippen molar-refractivity contribution >= 4 is 34.8 Å². The topological polar surface area (TPSA) is 22.1 Å². The van der Waals surface area contributed by atoms with Crippen molar-refractivity contribution in [2.45, 2.75) is 0 Å². The molecule has 2 rings (SSSR count). The highest BCUT2D eigenvalue weighted by atomic mass is 35.5. The van der Waals surface area contributed by atoms with Crippen LogP contribution in [0.4, 0.5) is 4.39 Å². The lowest BCUT2D eigenvalue weighted by molar-refractivity contribution is 0.458. The Balaban J connectivity index is 2.33. The van der Waals surface area contributed by atoms with Crippen LogP contribution in [0.25, 0.3) is 0 Å². The van der Waals surface area contributed by atoms with Gasteiger partial charge in [0, 0.05) is 6.07 Å². The van der Waals surface area contributed by atoms with Gasteiger partial charge in [0.1, 0.15) is 16.6 Å². The van der Waals surface area contributed by atoms with Crippen molar-refractivity contribution in [3.63, 3.8) is 0 Å². The average Bonchev–Trinajstić information content (AvgIpc) is 2.26. The van der Waals surface area contributed by atoms with Gasteiger partial charge in [-0.05, 0) is 18.2 Å². The summed E-state index contributed by atoms with van der Waals surface area (Å²) < 4.78 is 18.2. The molecule has 0 bridgehead atoms. The lowest BCUT2D eigenvalue weighted by atomic mass is 10.3. The zero-order valence-corrected chi connectivity index (χ0v) is 10.5. The molecule has 1 aromatic carbocycles. The second kappa shape index (κ2) is 5.08. The summed E-state index contributed by atoms with van der Waals surface area (Å²) in [6.45, 7) is 0. The van der Waals surface area contributed by atoms with Crippen molar-refractivity contribution in [2.24, 2.45) is 0 Å². The van der Waals surface area contributed by atoms with Crippen molar-refractivity contribution in [1.29, 1.82) is 0 Å². The van der Waals surface area contributed by atoms with E-state index >= 15 is 0 Å². The smallest absolute Gasteiger partial charge is 0.239 e. The van der Waals surface area contributed by atoms with Gasteiger partial charge in [0.05, 0.1) is 5.02 Å². The molecule has 0 fully saturated rings. The van der Waals surface area contributed by atoms with Crippen LogP contribution in [-0.2, 0) is 0 Å². The number of rotatable bonds is 2. The van der Waals surface area contributed by atoms with E-state index in [2.05, 4.69) is 4.98 Å². The number of hydrogen-bond donors (Lipinski definition) is 0. The van der Waals surface area contributed by atoms with Crippen LogP contribution in [0.15, 0.2) is 30.3 Å². The summed E-state index contributed by atoms with van der Waals surface area (Å²) in [5, 5.41) is 0.495. The van der Waals surface area contributed by atoms with E-state index in [1.54, 1.807) is 6.07 Å². The van der Waals surface area contributed by atoms with Crippen LogP contribution in [0.1, 0.15) is 0 Å². The summed E-state index contributed by atoms with van der Waals surface area (Å²) in [5.74, 6) is -0.0665. The van der Waals surface area contributed by atoms with Gasteiger partial charge in [-0.3, -0.25) is 0 Å². The average molecular weight is 293 g/mol. The number of halogens is 4. The Bertz CT molecular complexity index is 562. The third-order valence-electron chi connectivity index (χ3n) is 1.87. The lowest BCUT2D eigenvalue weighted by Crippen LogP contribution is -1.90. The number of hydrogen-bond acceptors (Lipinski definition) is 2. The zero-order valence-electron chi connectivity index (χ0n) is 8.25. The number of aromatic nitrogens is 1. The van der Waals surface area contributed by atoms with Crippen LogP contribution in [0.3, 0.4) is 0 Å². The van der Waals surface area contributed by atoms with Gasteiger partial charge in [-0.25, -0.2) is 4.39 Å². The van der Waals surface area contributed by atoms with Gasteiger partial charge in [-0.15, -0.1) is 0 Å². The van der Waals surface area contributed by atoms with Crippen LogP contribution in [0.2, 0.25) is 15.2 Å². The molecular weight excluding hydrogens is 287 g/mol. The molecule has 0 N–H and O–H groups in total. The number of ether oxygens (including phenoxy) is 1. The quantitative estimate of drug-likeness (QED) is 0.729. The summed E-state index contributed by atoms with van der Waals surface area (Å²) >= 11 is 17.3. The maximum Gasteiger partial charge on any atom is 0.239 e. The van der Waals surface area contributed by atoms with Crippen LogP contribution < -0.4 is 4.74 Å². The molecule has 17 heavy (non-hydrogen) atoms. The standard InChI is InChI=1S/C11H5Cl3FNO/c12-8-5-9(13)11(16-10(8)14)17-7-3-1-2-6(15)4-7/h1-5H. The minimum Gasteiger partial charge on any atom is -0.437 e. The molecule has 0 aliphatic heterocycles. The highest BCUT2D eigenvalue weighted by molar-refractivity contribution is 6.42. The van der Waals surface area contributed by atoms with Gasteiger partial charge in [0.15, 0.2) is 5.15 Å². The summed E-state index contributed by atoms with van der Waals surface area (Å²) in [5.41, 5.74) is 0. The van der Waals surface area contributed by atoms with E-state index < -0.39 is 5.82 Å². The Morgan fingerprint density at radius 3 is 2.53 bits per heavy atom. The van der Waals surface area contributed by atoms with E-state index in [9.17, 15) is 4.39 Å². The first kappa shape index (κ1) is 12.4. The van der Waals surface area contributed by atoms with Gasteiger partial charge in [0.2, 0.25) is 5.88 Å². The Kier molecular flexibility index (Phi) is 3.72. The van der Waals surface area contributed by atoms with Gasteiger partial charge in [0.25, 0.3) is 0 Å². The summed E-state index contributed by atoms with van der Waals surface area (Å²) in [7, 11) is 0. The molecule has 0 aliphatic rings. The Labute approximate surface area is 112 Å². The first-order chi connectivity index (χ1) is 8.06. The fourth-order valence-electron chi connectivity index (χ4n) is 1.14. The van der Waals surface area contributed by atoms with Crippen LogP contribution in [0, 0.1) is 5.82 Å². The van der Waals surface area contributed by atoms with E-state index in [0.29, 0.717) is 0 Å². The minimum atomic E-state index is -0.418. The zero-order chi connectivity index (χ0) is 12.4. The van der Waals surface area contributed by atoms with Gasteiger partial charge >= 0.3 is 0 Å². The number of nitrogens with zero attached hydrogens (tertiary/aromatic N) is 1. The molecule has 0 radical (unpaired) electrons. The highest BCUT2D eigenvalue weighted by Gasteiger charge is 2.10. The van der Waals surface area contributed by atoms with Crippen LogP contribution >= 0.6 is 34.8 Å². The molecule has 1 aromatic heterocycles. The molecule has 0 saturated heterocycles. The number of benzene rings is 1. The third-order valence-corrected chi connectivity index (χ3v) is 2.81. The molecule has 1 heterocycles. The SMILES string of the molecule is Fc1cccc(Oc2nc(Cl)c(Cl)cc2Cl)c1. The largest absolute Gasteiger partial charge is 0.437 e. The van der Waals surface area contributed by atoms with Gasteiger partial charge in [-0.2, -0.15) is 4.98 Å². The first-order valence-electron chi connectivity index (χ1n) is 4.51. The molecule has 6 heteroatoms. The molecular formula is C11H5Cl3FNO. The normalized spacial score (nSPS) is 10.4. The molecule has 0 atom stereocenters. The molecule has 2 nitrogen and oxygen atoms in total. The maximum atomic E-state index is 12.9. The Hall–Kier alpha value is -1.03. The van der Waals surface area contributed by atoms with E-state index in [0.717, 1.165) is 0 Å². The molecule has 2 aromatic rings. The van der Waals surface area contributed by atoms with Crippen molar-refractivity contribution in [3.05, 3.63) is 51.3 Å². The van der Waals surface area contributed by atoms with Crippen LogP contribution in [0.5, 0.6) is 11.6 Å². The predicted molar refractivity (Wildman–Crippen MR) is 65.7 cm³/mol. The number of pyridine rings is 1. The molecule has 0 saturated carbocycles. The second-order valence-electron chi connectivity index (χ2n) is 3.11. The summed E-state index contributed by atoms with van der Waals surface area (Å²) in [6, 6.07) is 7.00. The first-order valence-corrected chi connectivity index (χ1v) is 5.64. The van der Waals surface area contributed by atoms with E-state index in [4.69, 9.17) is 39.5 Å². The minimum absolute atomic E-state index is 0.0717.